The molecule has 92 valence electrons. The van der Waals surface area contributed by atoms with Gasteiger partial charge >= 0.3 is 11.9 Å². The maximum atomic E-state index is 13.3. The second-order valence-corrected chi connectivity index (χ2v) is 3.38. The van der Waals surface area contributed by atoms with Crippen molar-refractivity contribution in [3.63, 3.8) is 0 Å². The molecule has 0 saturated carbocycles. The number of hydrogen-bond donors (Lipinski definition) is 0. The maximum absolute atomic E-state index is 13.3. The van der Waals surface area contributed by atoms with Crippen LogP contribution in [0.2, 0.25) is 0 Å². The number of alkyl halides is 2. The number of halogens is 2. The molecule has 0 aromatic heterocycles. The Bertz CT molecular complexity index is 401. The molecule has 1 aromatic rings. The zero-order valence-electron chi connectivity index (χ0n) is 9.28. The zero-order chi connectivity index (χ0) is 12.9. The number of ketones is 1. The average Bonchev–Trinajstić information content (AvgIpc) is 2.30. The molecule has 0 aliphatic carbocycles. The van der Waals surface area contributed by atoms with E-state index in [1.54, 1.807) is 30.3 Å². The zero-order valence-corrected chi connectivity index (χ0v) is 9.28. The van der Waals surface area contributed by atoms with E-state index in [2.05, 4.69) is 4.74 Å². The third-order valence-corrected chi connectivity index (χ3v) is 2.09. The highest BCUT2D eigenvalue weighted by Crippen LogP contribution is 2.19. The van der Waals surface area contributed by atoms with Crippen molar-refractivity contribution in [1.82, 2.24) is 0 Å². The molecule has 0 atom stereocenters. The molecule has 0 heterocycles. The van der Waals surface area contributed by atoms with Crippen molar-refractivity contribution in [2.24, 2.45) is 0 Å². The second kappa shape index (κ2) is 5.52. The molecule has 1 rings (SSSR count). The number of hydrogen-bond acceptors (Lipinski definition) is 3. The van der Waals surface area contributed by atoms with E-state index in [4.69, 9.17) is 0 Å². The molecule has 0 radical (unpaired) electrons. The molecule has 0 aliphatic heterocycles. The van der Waals surface area contributed by atoms with E-state index in [1.807, 2.05) is 0 Å². The van der Waals surface area contributed by atoms with Crippen LogP contribution >= 0.6 is 0 Å². The monoisotopic (exact) mass is 242 g/mol. The standard InChI is InChI=1S/C12H12F2O3/c1-2-17-11(16)12(13,14)10(15)8-9-6-4-3-5-7-9/h3-7H,2,8H2,1H3. The Labute approximate surface area is 97.4 Å². The Balaban J connectivity index is 2.73. The molecule has 17 heavy (non-hydrogen) atoms. The minimum Gasteiger partial charge on any atom is -0.461 e. The van der Waals surface area contributed by atoms with Gasteiger partial charge in [0.25, 0.3) is 0 Å². The Morgan fingerprint density at radius 3 is 2.35 bits per heavy atom. The predicted molar refractivity (Wildman–Crippen MR) is 56.7 cm³/mol. The van der Waals surface area contributed by atoms with Crippen molar-refractivity contribution in [3.8, 4) is 0 Å². The predicted octanol–water partition coefficient (Wildman–Crippen LogP) is 2.00. The van der Waals surface area contributed by atoms with Crippen LogP contribution in [0.15, 0.2) is 30.3 Å². The third-order valence-electron chi connectivity index (χ3n) is 2.09. The number of ether oxygens (including phenoxy) is 1. The number of esters is 1. The highest BCUT2D eigenvalue weighted by Gasteiger charge is 2.48. The maximum Gasteiger partial charge on any atom is 0.400 e. The van der Waals surface area contributed by atoms with Gasteiger partial charge in [0.05, 0.1) is 6.61 Å². The summed E-state index contributed by atoms with van der Waals surface area (Å²) in [6.07, 6.45) is -0.493. The molecule has 3 nitrogen and oxygen atoms in total. The minimum absolute atomic E-state index is 0.187. The quantitative estimate of drug-likeness (QED) is 0.586. The fourth-order valence-corrected chi connectivity index (χ4v) is 1.23. The van der Waals surface area contributed by atoms with E-state index in [0.717, 1.165) is 0 Å². The number of carbonyl (C=O) groups excluding carboxylic acids is 2. The fourth-order valence-electron chi connectivity index (χ4n) is 1.23. The summed E-state index contributed by atoms with van der Waals surface area (Å²) in [7, 11) is 0. The van der Waals surface area contributed by atoms with Crippen LogP contribution in [0.4, 0.5) is 8.78 Å². The Kier molecular flexibility index (Phi) is 4.31. The molecular formula is C12H12F2O3. The van der Waals surface area contributed by atoms with Crippen molar-refractivity contribution < 1.29 is 23.1 Å². The molecule has 0 unspecified atom stereocenters. The lowest BCUT2D eigenvalue weighted by Gasteiger charge is -2.13. The van der Waals surface area contributed by atoms with Crippen LogP contribution in [0, 0.1) is 0 Å². The van der Waals surface area contributed by atoms with Gasteiger partial charge in [-0.1, -0.05) is 30.3 Å². The molecule has 0 aliphatic rings. The van der Waals surface area contributed by atoms with Crippen molar-refractivity contribution in [1.29, 1.82) is 0 Å². The van der Waals surface area contributed by atoms with Crippen LogP contribution in [-0.4, -0.2) is 24.3 Å². The Hall–Kier alpha value is -1.78. The summed E-state index contributed by atoms with van der Waals surface area (Å²) in [6, 6.07) is 8.05. The summed E-state index contributed by atoms with van der Waals surface area (Å²) in [5.74, 6) is -7.32. The van der Waals surface area contributed by atoms with Crippen LogP contribution in [0.25, 0.3) is 0 Å². The van der Waals surface area contributed by atoms with Crippen molar-refractivity contribution in [3.05, 3.63) is 35.9 Å². The van der Waals surface area contributed by atoms with Crippen molar-refractivity contribution in [2.45, 2.75) is 19.3 Å². The first-order valence-electron chi connectivity index (χ1n) is 5.10. The summed E-state index contributed by atoms with van der Waals surface area (Å²) >= 11 is 0. The molecule has 0 bridgehead atoms. The van der Waals surface area contributed by atoms with Gasteiger partial charge in [-0.25, -0.2) is 4.79 Å². The van der Waals surface area contributed by atoms with Crippen LogP contribution in [0.1, 0.15) is 12.5 Å². The first-order chi connectivity index (χ1) is 7.98. The molecule has 5 heteroatoms. The minimum atomic E-state index is -4.08. The summed E-state index contributed by atoms with van der Waals surface area (Å²) in [5, 5.41) is 0. The average molecular weight is 242 g/mol. The van der Waals surface area contributed by atoms with E-state index in [1.165, 1.54) is 6.92 Å². The van der Waals surface area contributed by atoms with Crippen molar-refractivity contribution >= 4 is 11.8 Å². The van der Waals surface area contributed by atoms with Gasteiger partial charge in [0, 0.05) is 6.42 Å². The first kappa shape index (κ1) is 13.3. The van der Waals surface area contributed by atoms with Gasteiger partial charge in [0.1, 0.15) is 0 Å². The number of carbonyl (C=O) groups is 2. The highest BCUT2D eigenvalue weighted by molar-refractivity contribution is 6.05. The highest BCUT2D eigenvalue weighted by atomic mass is 19.3. The molecule has 0 saturated heterocycles. The van der Waals surface area contributed by atoms with E-state index in [0.29, 0.717) is 5.56 Å². The Morgan fingerprint density at radius 1 is 1.24 bits per heavy atom. The van der Waals surface area contributed by atoms with Gasteiger partial charge in [0.2, 0.25) is 5.78 Å². The van der Waals surface area contributed by atoms with Gasteiger partial charge in [-0.15, -0.1) is 0 Å². The van der Waals surface area contributed by atoms with Crippen LogP contribution in [0.3, 0.4) is 0 Å². The van der Waals surface area contributed by atoms with Gasteiger partial charge in [-0.3, -0.25) is 4.79 Å². The van der Waals surface area contributed by atoms with Crippen LogP contribution in [0.5, 0.6) is 0 Å². The lowest BCUT2D eigenvalue weighted by Crippen LogP contribution is -2.40. The topological polar surface area (TPSA) is 43.4 Å². The third kappa shape index (κ3) is 3.34. The van der Waals surface area contributed by atoms with Crippen LogP contribution in [-0.2, 0) is 20.7 Å². The van der Waals surface area contributed by atoms with Gasteiger partial charge in [-0.2, -0.15) is 8.78 Å². The summed E-state index contributed by atoms with van der Waals surface area (Å²) in [5.41, 5.74) is 0.432. The summed E-state index contributed by atoms with van der Waals surface area (Å²) in [4.78, 5) is 22.2. The van der Waals surface area contributed by atoms with E-state index in [-0.39, 0.29) is 6.61 Å². The largest absolute Gasteiger partial charge is 0.461 e. The van der Waals surface area contributed by atoms with Gasteiger partial charge in [-0.05, 0) is 12.5 Å². The molecule has 0 fully saturated rings. The van der Waals surface area contributed by atoms with E-state index >= 15 is 0 Å². The van der Waals surface area contributed by atoms with Gasteiger partial charge in [0.15, 0.2) is 0 Å². The Morgan fingerprint density at radius 2 is 1.82 bits per heavy atom. The van der Waals surface area contributed by atoms with E-state index in [9.17, 15) is 18.4 Å². The number of benzene rings is 1. The smallest absolute Gasteiger partial charge is 0.400 e. The molecule has 0 spiro atoms. The summed E-state index contributed by atoms with van der Waals surface area (Å²) < 4.78 is 30.7. The van der Waals surface area contributed by atoms with Crippen LogP contribution < -0.4 is 0 Å². The molecule has 1 aromatic carbocycles. The lowest BCUT2D eigenvalue weighted by molar-refractivity contribution is -0.176. The molecular weight excluding hydrogens is 230 g/mol. The first-order valence-corrected chi connectivity index (χ1v) is 5.10. The SMILES string of the molecule is CCOC(=O)C(F)(F)C(=O)Cc1ccccc1. The lowest BCUT2D eigenvalue weighted by atomic mass is 10.1. The normalized spacial score (nSPS) is 11.0. The summed E-state index contributed by atoms with van der Waals surface area (Å²) in [6.45, 7) is 1.21. The van der Waals surface area contributed by atoms with Crippen molar-refractivity contribution in [2.75, 3.05) is 6.61 Å². The van der Waals surface area contributed by atoms with E-state index < -0.39 is 24.1 Å². The molecule has 0 N–H and O–H groups in total. The van der Waals surface area contributed by atoms with Gasteiger partial charge < -0.3 is 4.74 Å². The second-order valence-electron chi connectivity index (χ2n) is 3.38. The number of Topliss-reactive ketones (excluding diaryl/α,β-unsaturated/α-hetero) is 1. The molecule has 0 amide bonds. The number of rotatable bonds is 5. The fraction of sp³-hybridized carbons (Fsp3) is 0.333.